The first-order valence-corrected chi connectivity index (χ1v) is 7.09. The van der Waals surface area contributed by atoms with E-state index in [1.807, 2.05) is 30.3 Å². The maximum Gasteiger partial charge on any atom is 0.122 e. The van der Waals surface area contributed by atoms with Crippen LogP contribution >= 0.6 is 31.9 Å². The molecule has 2 aromatic carbocycles. The van der Waals surface area contributed by atoms with Gasteiger partial charge in [0.15, 0.2) is 0 Å². The van der Waals surface area contributed by atoms with E-state index >= 15 is 0 Å². The lowest BCUT2D eigenvalue weighted by Gasteiger charge is -2.09. The molecule has 0 radical (unpaired) electrons. The largest absolute Gasteiger partial charge is 0.497 e. The van der Waals surface area contributed by atoms with Crippen molar-refractivity contribution >= 4 is 37.5 Å². The topological polar surface area (TPSA) is 21.3 Å². The lowest BCUT2D eigenvalue weighted by Crippen LogP contribution is -1.99. The molecule has 18 heavy (non-hydrogen) atoms. The third-order valence-electron chi connectivity index (χ3n) is 2.49. The Morgan fingerprint density at radius 3 is 2.61 bits per heavy atom. The zero-order valence-electron chi connectivity index (χ0n) is 9.91. The van der Waals surface area contributed by atoms with Crippen LogP contribution in [0.15, 0.2) is 51.4 Å². The molecule has 0 spiro atoms. The highest BCUT2D eigenvalue weighted by atomic mass is 79.9. The fraction of sp³-hybridized carbons (Fsp3) is 0.143. The fourth-order valence-electron chi connectivity index (χ4n) is 1.63. The molecule has 0 heterocycles. The second-order valence-electron chi connectivity index (χ2n) is 3.86. The average Bonchev–Trinajstić information content (AvgIpc) is 2.36. The molecular formula is C14H13Br2NO. The van der Waals surface area contributed by atoms with Gasteiger partial charge in [-0.25, -0.2) is 0 Å². The van der Waals surface area contributed by atoms with Gasteiger partial charge in [0.2, 0.25) is 0 Å². The zero-order chi connectivity index (χ0) is 13.0. The first-order valence-electron chi connectivity index (χ1n) is 5.50. The van der Waals surface area contributed by atoms with E-state index in [4.69, 9.17) is 4.74 Å². The molecule has 4 heteroatoms. The Labute approximate surface area is 124 Å². The van der Waals surface area contributed by atoms with E-state index in [0.29, 0.717) is 0 Å². The molecule has 2 nitrogen and oxygen atoms in total. The molecule has 2 aromatic rings. The molecule has 0 aliphatic rings. The Morgan fingerprint density at radius 2 is 1.89 bits per heavy atom. The number of halogens is 2. The minimum atomic E-state index is 0.777. The lowest BCUT2D eigenvalue weighted by molar-refractivity contribution is 0.414. The minimum Gasteiger partial charge on any atom is -0.497 e. The monoisotopic (exact) mass is 369 g/mol. The van der Waals surface area contributed by atoms with Crippen LogP contribution in [0.25, 0.3) is 0 Å². The van der Waals surface area contributed by atoms with Gasteiger partial charge in [-0.2, -0.15) is 0 Å². The number of methoxy groups -OCH3 is 1. The standard InChI is InChI=1S/C14H13Br2NO/c1-18-14-7-12(16)6-13(8-14)17-9-10-3-2-4-11(15)5-10/h2-8,17H,9H2,1H3. The smallest absolute Gasteiger partial charge is 0.122 e. The highest BCUT2D eigenvalue weighted by molar-refractivity contribution is 9.10. The molecule has 0 aromatic heterocycles. The Morgan fingerprint density at radius 1 is 1.06 bits per heavy atom. The molecule has 0 fully saturated rings. The van der Waals surface area contributed by atoms with Gasteiger partial charge in [0.05, 0.1) is 7.11 Å². The summed E-state index contributed by atoms with van der Waals surface area (Å²) in [6.07, 6.45) is 0. The summed E-state index contributed by atoms with van der Waals surface area (Å²) < 4.78 is 7.32. The minimum absolute atomic E-state index is 0.777. The fourth-order valence-corrected chi connectivity index (χ4v) is 2.55. The van der Waals surface area contributed by atoms with Crippen LogP contribution in [-0.4, -0.2) is 7.11 Å². The van der Waals surface area contributed by atoms with Crippen molar-refractivity contribution < 1.29 is 4.74 Å². The van der Waals surface area contributed by atoms with E-state index in [0.717, 1.165) is 26.9 Å². The number of ether oxygens (including phenoxy) is 1. The molecule has 1 N–H and O–H groups in total. The quantitative estimate of drug-likeness (QED) is 0.831. The van der Waals surface area contributed by atoms with Gasteiger partial charge in [0.25, 0.3) is 0 Å². The van der Waals surface area contributed by atoms with Crippen LogP contribution in [0.4, 0.5) is 5.69 Å². The summed E-state index contributed by atoms with van der Waals surface area (Å²) in [5.74, 6) is 0.834. The Balaban J connectivity index is 2.08. The van der Waals surface area contributed by atoms with Crippen LogP contribution in [-0.2, 0) is 6.54 Å². The van der Waals surface area contributed by atoms with Crippen LogP contribution in [0, 0.1) is 0 Å². The molecule has 0 atom stereocenters. The molecule has 0 saturated carbocycles. The van der Waals surface area contributed by atoms with Crippen LogP contribution in [0.1, 0.15) is 5.56 Å². The van der Waals surface area contributed by atoms with Crippen molar-refractivity contribution in [2.24, 2.45) is 0 Å². The molecular weight excluding hydrogens is 358 g/mol. The van der Waals surface area contributed by atoms with Gasteiger partial charge in [-0.1, -0.05) is 44.0 Å². The summed E-state index contributed by atoms with van der Waals surface area (Å²) in [7, 11) is 1.67. The Bertz CT molecular complexity index is 543. The van der Waals surface area contributed by atoms with Gasteiger partial charge in [-0.05, 0) is 29.8 Å². The highest BCUT2D eigenvalue weighted by Crippen LogP contribution is 2.25. The van der Waals surface area contributed by atoms with Gasteiger partial charge in [0.1, 0.15) is 5.75 Å². The Hall–Kier alpha value is -1.00. The maximum atomic E-state index is 5.23. The molecule has 0 saturated heterocycles. The van der Waals surface area contributed by atoms with Crippen molar-refractivity contribution in [3.63, 3.8) is 0 Å². The van der Waals surface area contributed by atoms with E-state index in [9.17, 15) is 0 Å². The molecule has 0 aliphatic heterocycles. The van der Waals surface area contributed by atoms with E-state index in [2.05, 4.69) is 49.3 Å². The second kappa shape index (κ2) is 6.25. The molecule has 0 amide bonds. The molecule has 0 bridgehead atoms. The highest BCUT2D eigenvalue weighted by Gasteiger charge is 2.00. The molecule has 2 rings (SSSR count). The predicted molar refractivity (Wildman–Crippen MR) is 82.2 cm³/mol. The van der Waals surface area contributed by atoms with Crippen molar-refractivity contribution in [2.75, 3.05) is 12.4 Å². The van der Waals surface area contributed by atoms with Crippen molar-refractivity contribution in [3.8, 4) is 5.75 Å². The normalized spacial score (nSPS) is 10.2. The summed E-state index contributed by atoms with van der Waals surface area (Å²) in [5.41, 5.74) is 2.25. The number of benzene rings is 2. The second-order valence-corrected chi connectivity index (χ2v) is 5.69. The number of anilines is 1. The van der Waals surface area contributed by atoms with Gasteiger partial charge in [-0.15, -0.1) is 0 Å². The molecule has 0 aliphatic carbocycles. The Kier molecular flexibility index (Phi) is 4.66. The third-order valence-corrected chi connectivity index (χ3v) is 3.44. The van der Waals surface area contributed by atoms with Gasteiger partial charge >= 0.3 is 0 Å². The number of hydrogen-bond donors (Lipinski definition) is 1. The molecule has 94 valence electrons. The average molecular weight is 371 g/mol. The summed E-state index contributed by atoms with van der Waals surface area (Å²) >= 11 is 6.93. The maximum absolute atomic E-state index is 5.23. The van der Waals surface area contributed by atoms with E-state index in [1.54, 1.807) is 7.11 Å². The van der Waals surface area contributed by atoms with E-state index in [-0.39, 0.29) is 0 Å². The first-order chi connectivity index (χ1) is 8.67. The van der Waals surface area contributed by atoms with E-state index in [1.165, 1.54) is 5.56 Å². The van der Waals surface area contributed by atoms with E-state index < -0.39 is 0 Å². The van der Waals surface area contributed by atoms with Crippen LogP contribution in [0.5, 0.6) is 5.75 Å². The number of rotatable bonds is 4. The first kappa shape index (κ1) is 13.4. The van der Waals surface area contributed by atoms with Crippen molar-refractivity contribution in [3.05, 3.63) is 57.0 Å². The summed E-state index contributed by atoms with van der Waals surface area (Å²) in [5, 5.41) is 3.37. The van der Waals surface area contributed by atoms with Gasteiger partial charge < -0.3 is 10.1 Å². The van der Waals surface area contributed by atoms with Gasteiger partial charge in [-0.3, -0.25) is 0 Å². The zero-order valence-corrected chi connectivity index (χ0v) is 13.1. The summed E-state index contributed by atoms with van der Waals surface area (Å²) in [4.78, 5) is 0. The van der Waals surface area contributed by atoms with Crippen molar-refractivity contribution in [2.45, 2.75) is 6.54 Å². The van der Waals surface area contributed by atoms with Crippen LogP contribution in [0.2, 0.25) is 0 Å². The van der Waals surface area contributed by atoms with Crippen LogP contribution < -0.4 is 10.1 Å². The number of hydrogen-bond acceptors (Lipinski definition) is 2. The van der Waals surface area contributed by atoms with Gasteiger partial charge in [0, 0.05) is 27.2 Å². The third kappa shape index (κ3) is 3.75. The molecule has 0 unspecified atom stereocenters. The van der Waals surface area contributed by atoms with Crippen LogP contribution in [0.3, 0.4) is 0 Å². The number of nitrogens with one attached hydrogen (secondary N) is 1. The lowest BCUT2D eigenvalue weighted by atomic mass is 10.2. The predicted octanol–water partition coefficient (Wildman–Crippen LogP) is 4.83. The SMILES string of the molecule is COc1cc(Br)cc(NCc2cccc(Br)c2)c1. The van der Waals surface area contributed by atoms with Crippen molar-refractivity contribution in [1.29, 1.82) is 0 Å². The summed E-state index contributed by atoms with van der Waals surface area (Å²) in [6, 6.07) is 14.2. The van der Waals surface area contributed by atoms with Crippen molar-refractivity contribution in [1.82, 2.24) is 0 Å². The summed E-state index contributed by atoms with van der Waals surface area (Å²) in [6.45, 7) is 0.777.